The fourth-order valence-electron chi connectivity index (χ4n) is 3.08. The summed E-state index contributed by atoms with van der Waals surface area (Å²) in [6.07, 6.45) is 0. The van der Waals surface area contributed by atoms with Crippen molar-refractivity contribution in [2.24, 2.45) is 0 Å². The highest BCUT2D eigenvalue weighted by Gasteiger charge is 2.16. The van der Waals surface area contributed by atoms with Crippen LogP contribution in [0.4, 0.5) is 5.69 Å². The van der Waals surface area contributed by atoms with E-state index in [1.807, 2.05) is 43.5 Å². The van der Waals surface area contributed by atoms with Gasteiger partial charge in [-0.25, -0.2) is 4.79 Å². The van der Waals surface area contributed by atoms with Gasteiger partial charge in [-0.1, -0.05) is 41.6 Å². The van der Waals surface area contributed by atoms with Crippen molar-refractivity contribution in [2.75, 3.05) is 11.1 Å². The van der Waals surface area contributed by atoms with E-state index in [1.54, 1.807) is 0 Å². The lowest BCUT2D eigenvalue weighted by molar-refractivity contribution is -0.113. The average Bonchev–Trinajstić information content (AvgIpc) is 3.15. The Morgan fingerprint density at radius 2 is 1.91 bits per heavy atom. The number of rotatable bonds is 9. The van der Waals surface area contributed by atoms with Crippen LogP contribution in [0, 0.1) is 13.8 Å². The molecule has 2 aromatic carbocycles. The number of para-hydroxylation sites is 1. The number of aryl methyl sites for hydroxylation is 2. The smallest absolute Gasteiger partial charge is 0.335 e. The lowest BCUT2D eigenvalue weighted by Gasteiger charge is -2.12. The van der Waals surface area contributed by atoms with E-state index < -0.39 is 5.97 Å². The predicted molar refractivity (Wildman–Crippen MR) is 124 cm³/mol. The Hall–Kier alpha value is -3.04. The van der Waals surface area contributed by atoms with Gasteiger partial charge in [0.1, 0.15) is 12.4 Å². The largest absolute Gasteiger partial charge is 0.485 e. The third-order valence-corrected chi connectivity index (χ3v) is 5.98. The fraction of sp³-hybridized carbons (Fsp3) is 0.273. The van der Waals surface area contributed by atoms with Crippen LogP contribution in [0.3, 0.4) is 0 Å². The van der Waals surface area contributed by atoms with Gasteiger partial charge in [-0.15, -0.1) is 10.2 Å². The molecule has 1 amide bonds. The Labute approximate surface area is 194 Å². The zero-order valence-corrected chi connectivity index (χ0v) is 19.5. The van der Waals surface area contributed by atoms with Crippen LogP contribution >= 0.6 is 23.4 Å². The maximum atomic E-state index is 12.4. The lowest BCUT2D eigenvalue weighted by Crippen LogP contribution is -2.15. The molecule has 0 aliphatic carbocycles. The second kappa shape index (κ2) is 10.5. The Kier molecular flexibility index (Phi) is 7.76. The topological polar surface area (TPSA) is 106 Å². The summed E-state index contributed by atoms with van der Waals surface area (Å²) in [6, 6.07) is 10.1. The number of carboxylic acid groups (broad SMARTS) is 1. The second-order valence-electron chi connectivity index (χ2n) is 6.99. The molecule has 0 saturated carbocycles. The third kappa shape index (κ3) is 5.60. The van der Waals surface area contributed by atoms with Crippen LogP contribution in [-0.4, -0.2) is 37.5 Å². The molecular weight excluding hydrogens is 452 g/mol. The molecule has 3 aromatic rings. The Balaban J connectivity index is 1.63. The van der Waals surface area contributed by atoms with Crippen molar-refractivity contribution < 1.29 is 19.4 Å². The maximum Gasteiger partial charge on any atom is 0.335 e. The number of aromatic nitrogens is 3. The number of hydrogen-bond acceptors (Lipinski definition) is 6. The summed E-state index contributed by atoms with van der Waals surface area (Å²) in [6.45, 7) is 6.83. The van der Waals surface area contributed by atoms with Crippen LogP contribution in [0.1, 0.15) is 34.2 Å². The van der Waals surface area contributed by atoms with Crippen molar-refractivity contribution in [3.8, 4) is 5.75 Å². The van der Waals surface area contributed by atoms with Gasteiger partial charge in [-0.05, 0) is 50.1 Å². The second-order valence-corrected chi connectivity index (χ2v) is 8.34. The summed E-state index contributed by atoms with van der Waals surface area (Å²) in [4.78, 5) is 23.5. The van der Waals surface area contributed by atoms with Gasteiger partial charge in [-0.3, -0.25) is 4.79 Å². The van der Waals surface area contributed by atoms with Crippen molar-refractivity contribution in [3.05, 3.63) is 63.9 Å². The van der Waals surface area contributed by atoms with E-state index >= 15 is 0 Å². The first-order valence-electron chi connectivity index (χ1n) is 9.86. The van der Waals surface area contributed by atoms with E-state index in [0.29, 0.717) is 17.5 Å². The number of benzene rings is 2. The van der Waals surface area contributed by atoms with E-state index in [9.17, 15) is 9.59 Å². The summed E-state index contributed by atoms with van der Waals surface area (Å²) >= 11 is 7.29. The van der Waals surface area contributed by atoms with E-state index in [1.165, 1.54) is 30.0 Å². The summed E-state index contributed by atoms with van der Waals surface area (Å²) < 4.78 is 7.88. The fourth-order valence-corrected chi connectivity index (χ4v) is 4.07. The maximum absolute atomic E-state index is 12.4. The number of thioether (sulfide) groups is 1. The third-order valence-electron chi connectivity index (χ3n) is 4.68. The molecule has 10 heteroatoms. The number of anilines is 1. The predicted octanol–water partition coefficient (Wildman–Crippen LogP) is 4.58. The molecule has 0 unspecified atom stereocenters. The summed E-state index contributed by atoms with van der Waals surface area (Å²) in [5, 5.41) is 21.0. The molecule has 1 heterocycles. The number of aromatic carboxylic acids is 1. The highest BCUT2D eigenvalue weighted by Crippen LogP contribution is 2.26. The van der Waals surface area contributed by atoms with Crippen molar-refractivity contribution >= 4 is 40.9 Å². The quantitative estimate of drug-likeness (QED) is 0.437. The Morgan fingerprint density at radius 1 is 1.19 bits per heavy atom. The highest BCUT2D eigenvalue weighted by molar-refractivity contribution is 7.99. The van der Waals surface area contributed by atoms with E-state index in [4.69, 9.17) is 21.4 Å². The molecule has 0 radical (unpaired) electrons. The van der Waals surface area contributed by atoms with Crippen LogP contribution in [0.15, 0.2) is 41.6 Å². The van der Waals surface area contributed by atoms with Crippen LogP contribution in [0.5, 0.6) is 5.75 Å². The van der Waals surface area contributed by atoms with E-state index in [-0.39, 0.29) is 34.5 Å². The van der Waals surface area contributed by atoms with Crippen molar-refractivity contribution in [1.82, 2.24) is 14.8 Å². The monoisotopic (exact) mass is 474 g/mol. The molecule has 32 heavy (non-hydrogen) atoms. The van der Waals surface area contributed by atoms with Crippen LogP contribution in [-0.2, 0) is 17.9 Å². The first-order chi connectivity index (χ1) is 15.3. The molecule has 0 aliphatic rings. The number of carbonyl (C=O) groups excluding carboxylic acids is 1. The molecule has 0 aliphatic heterocycles. The van der Waals surface area contributed by atoms with Crippen LogP contribution < -0.4 is 10.1 Å². The molecule has 2 N–H and O–H groups in total. The summed E-state index contributed by atoms with van der Waals surface area (Å²) in [5.41, 5.74) is 2.38. The van der Waals surface area contributed by atoms with Gasteiger partial charge in [0.2, 0.25) is 5.91 Å². The Morgan fingerprint density at radius 3 is 2.56 bits per heavy atom. The molecule has 0 atom stereocenters. The number of amides is 1. The van der Waals surface area contributed by atoms with E-state index in [2.05, 4.69) is 15.5 Å². The molecule has 168 valence electrons. The normalized spacial score (nSPS) is 10.8. The average molecular weight is 475 g/mol. The van der Waals surface area contributed by atoms with Gasteiger partial charge < -0.3 is 19.7 Å². The van der Waals surface area contributed by atoms with Crippen LogP contribution in [0.2, 0.25) is 5.02 Å². The minimum atomic E-state index is -1.10. The summed E-state index contributed by atoms with van der Waals surface area (Å²) in [7, 11) is 0. The minimum Gasteiger partial charge on any atom is -0.485 e. The standard InChI is InChI=1S/C22H23ClN4O4S/c1-4-27-18(11-31-20-13(2)6-5-7-14(20)3)25-26-22(27)32-12-19(28)24-17-10-15(21(29)30)8-9-16(17)23/h5-10H,4,11-12H2,1-3H3,(H,24,28)(H,29,30). The van der Waals surface area contributed by atoms with Gasteiger partial charge in [0.15, 0.2) is 11.0 Å². The van der Waals surface area contributed by atoms with Crippen molar-refractivity contribution in [2.45, 2.75) is 39.1 Å². The molecule has 0 saturated heterocycles. The highest BCUT2D eigenvalue weighted by atomic mass is 35.5. The number of nitrogens with zero attached hydrogens (tertiary/aromatic N) is 3. The van der Waals surface area contributed by atoms with Gasteiger partial charge in [0.25, 0.3) is 0 Å². The van der Waals surface area contributed by atoms with Gasteiger partial charge >= 0.3 is 5.97 Å². The molecule has 0 spiro atoms. The number of carbonyl (C=O) groups is 2. The number of ether oxygens (including phenoxy) is 1. The van der Waals surface area contributed by atoms with E-state index in [0.717, 1.165) is 16.9 Å². The first kappa shape index (κ1) is 23.6. The van der Waals surface area contributed by atoms with Crippen molar-refractivity contribution in [1.29, 1.82) is 0 Å². The molecule has 0 bridgehead atoms. The molecule has 0 fully saturated rings. The number of nitrogens with one attached hydrogen (secondary N) is 1. The number of halogens is 1. The Bertz CT molecular complexity index is 1130. The molecular formula is C22H23ClN4O4S. The molecule has 8 nitrogen and oxygen atoms in total. The van der Waals surface area contributed by atoms with Gasteiger partial charge in [-0.2, -0.15) is 0 Å². The summed E-state index contributed by atoms with van der Waals surface area (Å²) in [5.74, 6) is 0.114. The number of hydrogen-bond donors (Lipinski definition) is 2. The lowest BCUT2D eigenvalue weighted by atomic mass is 10.1. The minimum absolute atomic E-state index is 0.0385. The zero-order valence-electron chi connectivity index (χ0n) is 17.9. The SMILES string of the molecule is CCn1c(COc2c(C)cccc2C)nnc1SCC(=O)Nc1cc(C(=O)O)ccc1Cl. The first-order valence-corrected chi connectivity index (χ1v) is 11.2. The zero-order chi connectivity index (χ0) is 23.3. The van der Waals surface area contributed by atoms with Gasteiger partial charge in [0.05, 0.1) is 22.0 Å². The van der Waals surface area contributed by atoms with Crippen molar-refractivity contribution in [3.63, 3.8) is 0 Å². The van der Waals surface area contributed by atoms with Crippen LogP contribution in [0.25, 0.3) is 0 Å². The van der Waals surface area contributed by atoms with Gasteiger partial charge in [0, 0.05) is 6.54 Å². The molecule has 1 aromatic heterocycles. The molecule has 3 rings (SSSR count). The number of carboxylic acids is 1.